The number of rotatable bonds is 2. The molecule has 0 aliphatic heterocycles. The van der Waals surface area contributed by atoms with E-state index in [1.807, 2.05) is 0 Å². The number of aromatic carboxylic acids is 1. The van der Waals surface area contributed by atoms with Gasteiger partial charge in [0.2, 0.25) is 5.82 Å². The van der Waals surface area contributed by atoms with Gasteiger partial charge in [0.25, 0.3) is 0 Å². The highest BCUT2D eigenvalue weighted by molar-refractivity contribution is 5.86. The highest BCUT2D eigenvalue weighted by Crippen LogP contribution is 2.12. The Morgan fingerprint density at radius 3 is 2.93 bits per heavy atom. The standard InChI is InChI=1S/C6H6N6O2/c1-12-4(6(13)14)2-3(9-12)5-7-10-11-8-5/h2H,1H3,(H,13,14)(H,7,8,10,11). The molecule has 0 aliphatic rings. The zero-order chi connectivity index (χ0) is 10.1. The maximum Gasteiger partial charge on any atom is 0.354 e. The lowest BCUT2D eigenvalue weighted by atomic mass is 10.3. The van der Waals surface area contributed by atoms with Crippen LogP contribution in [0.5, 0.6) is 0 Å². The lowest BCUT2D eigenvalue weighted by Crippen LogP contribution is -2.04. The van der Waals surface area contributed by atoms with Gasteiger partial charge in [0.1, 0.15) is 11.4 Å². The van der Waals surface area contributed by atoms with Gasteiger partial charge < -0.3 is 5.11 Å². The van der Waals surface area contributed by atoms with Gasteiger partial charge in [-0.1, -0.05) is 0 Å². The van der Waals surface area contributed by atoms with Gasteiger partial charge in [-0.25, -0.2) is 4.79 Å². The van der Waals surface area contributed by atoms with Crippen LogP contribution >= 0.6 is 0 Å². The number of aryl methyl sites for hydroxylation is 1. The number of aromatic nitrogens is 6. The van der Waals surface area contributed by atoms with Crippen molar-refractivity contribution in [2.24, 2.45) is 7.05 Å². The maximum absolute atomic E-state index is 10.7. The van der Waals surface area contributed by atoms with E-state index < -0.39 is 5.97 Å². The molecule has 2 aromatic rings. The first-order valence-corrected chi connectivity index (χ1v) is 3.69. The summed E-state index contributed by atoms with van der Waals surface area (Å²) in [6, 6.07) is 1.38. The highest BCUT2D eigenvalue weighted by atomic mass is 16.4. The minimum atomic E-state index is -1.05. The van der Waals surface area contributed by atoms with Crippen molar-refractivity contribution in [1.29, 1.82) is 0 Å². The van der Waals surface area contributed by atoms with E-state index in [-0.39, 0.29) is 11.5 Å². The number of hydrogen-bond donors (Lipinski definition) is 2. The predicted octanol–water partition coefficient (Wildman–Crippen LogP) is -0.702. The van der Waals surface area contributed by atoms with Crippen LogP contribution in [0.25, 0.3) is 11.5 Å². The Labute approximate surface area is 77.6 Å². The molecular weight excluding hydrogens is 188 g/mol. The minimum Gasteiger partial charge on any atom is -0.477 e. The van der Waals surface area contributed by atoms with E-state index in [0.29, 0.717) is 5.69 Å². The Bertz CT molecular complexity index is 459. The number of carbonyl (C=O) groups is 1. The molecule has 14 heavy (non-hydrogen) atoms. The van der Waals surface area contributed by atoms with Crippen molar-refractivity contribution in [3.63, 3.8) is 0 Å². The molecule has 72 valence electrons. The van der Waals surface area contributed by atoms with Crippen LogP contribution in [0.2, 0.25) is 0 Å². The number of nitrogens with zero attached hydrogens (tertiary/aromatic N) is 5. The van der Waals surface area contributed by atoms with Crippen LogP contribution in [-0.2, 0) is 7.05 Å². The van der Waals surface area contributed by atoms with E-state index in [2.05, 4.69) is 25.7 Å². The second kappa shape index (κ2) is 2.91. The van der Waals surface area contributed by atoms with E-state index in [4.69, 9.17) is 5.11 Å². The molecule has 0 unspecified atom stereocenters. The van der Waals surface area contributed by atoms with E-state index in [1.54, 1.807) is 0 Å². The summed E-state index contributed by atoms with van der Waals surface area (Å²) in [7, 11) is 1.53. The summed E-state index contributed by atoms with van der Waals surface area (Å²) in [5.74, 6) is -0.775. The first-order chi connectivity index (χ1) is 6.68. The summed E-state index contributed by atoms with van der Waals surface area (Å²) in [6.45, 7) is 0. The summed E-state index contributed by atoms with van der Waals surface area (Å²) < 4.78 is 1.24. The first-order valence-electron chi connectivity index (χ1n) is 3.69. The topological polar surface area (TPSA) is 110 Å². The average Bonchev–Trinajstić information content (AvgIpc) is 2.70. The van der Waals surface area contributed by atoms with Crippen LogP contribution in [0.15, 0.2) is 6.07 Å². The van der Waals surface area contributed by atoms with Gasteiger partial charge in [-0.05, 0) is 5.21 Å². The van der Waals surface area contributed by atoms with Crippen LogP contribution in [0, 0.1) is 0 Å². The van der Waals surface area contributed by atoms with Crippen molar-refractivity contribution < 1.29 is 9.90 Å². The van der Waals surface area contributed by atoms with Gasteiger partial charge in [0, 0.05) is 13.1 Å². The lowest BCUT2D eigenvalue weighted by molar-refractivity contribution is 0.0685. The van der Waals surface area contributed by atoms with E-state index in [0.717, 1.165) is 0 Å². The molecule has 0 atom stereocenters. The Kier molecular flexibility index (Phi) is 1.73. The Hall–Kier alpha value is -2.25. The monoisotopic (exact) mass is 194 g/mol. The number of hydrogen-bond acceptors (Lipinski definition) is 5. The Morgan fingerprint density at radius 2 is 2.43 bits per heavy atom. The summed E-state index contributed by atoms with van der Waals surface area (Å²) >= 11 is 0. The smallest absolute Gasteiger partial charge is 0.354 e. The molecule has 0 saturated heterocycles. The molecule has 0 spiro atoms. The van der Waals surface area contributed by atoms with Crippen LogP contribution in [0.3, 0.4) is 0 Å². The molecule has 0 aliphatic carbocycles. The zero-order valence-electron chi connectivity index (χ0n) is 7.17. The SMILES string of the molecule is Cn1nc(-c2nn[nH]n2)cc1C(=O)O. The molecule has 2 N–H and O–H groups in total. The third-order valence-corrected chi connectivity index (χ3v) is 1.67. The van der Waals surface area contributed by atoms with E-state index in [9.17, 15) is 4.79 Å². The number of tetrazole rings is 1. The summed E-state index contributed by atoms with van der Waals surface area (Å²) in [5, 5.41) is 25.7. The number of carboxylic acid groups (broad SMARTS) is 1. The molecule has 8 heteroatoms. The molecule has 0 amide bonds. The third kappa shape index (κ3) is 1.22. The molecule has 0 saturated carbocycles. The van der Waals surface area contributed by atoms with Crippen molar-refractivity contribution in [1.82, 2.24) is 30.4 Å². The van der Waals surface area contributed by atoms with Crippen LogP contribution < -0.4 is 0 Å². The molecule has 0 aromatic carbocycles. The molecule has 2 rings (SSSR count). The number of aromatic amines is 1. The predicted molar refractivity (Wildman–Crippen MR) is 43.3 cm³/mol. The summed E-state index contributed by atoms with van der Waals surface area (Å²) in [4.78, 5) is 10.7. The van der Waals surface area contributed by atoms with Crippen molar-refractivity contribution in [2.75, 3.05) is 0 Å². The van der Waals surface area contributed by atoms with Gasteiger partial charge in [0.05, 0.1) is 0 Å². The molecule has 2 heterocycles. The number of nitrogens with one attached hydrogen (secondary N) is 1. The summed E-state index contributed by atoms with van der Waals surface area (Å²) in [6.07, 6.45) is 0. The Balaban J connectivity index is 2.48. The molecule has 2 aromatic heterocycles. The second-order valence-electron chi connectivity index (χ2n) is 2.58. The molecular formula is C6H6N6O2. The molecule has 0 radical (unpaired) electrons. The van der Waals surface area contributed by atoms with Crippen molar-refractivity contribution in [3.8, 4) is 11.5 Å². The average molecular weight is 194 g/mol. The highest BCUT2D eigenvalue weighted by Gasteiger charge is 2.14. The van der Waals surface area contributed by atoms with Gasteiger partial charge in [-0.2, -0.15) is 10.3 Å². The van der Waals surface area contributed by atoms with Crippen molar-refractivity contribution >= 4 is 5.97 Å². The van der Waals surface area contributed by atoms with Crippen molar-refractivity contribution in [3.05, 3.63) is 11.8 Å². The van der Waals surface area contributed by atoms with Gasteiger partial charge in [0.15, 0.2) is 0 Å². The first kappa shape index (κ1) is 8.35. The van der Waals surface area contributed by atoms with Gasteiger partial charge in [-0.3, -0.25) is 4.68 Å². The quantitative estimate of drug-likeness (QED) is 0.654. The molecule has 0 bridgehead atoms. The fourth-order valence-electron chi connectivity index (χ4n) is 1.05. The lowest BCUT2D eigenvalue weighted by Gasteiger charge is -1.91. The second-order valence-corrected chi connectivity index (χ2v) is 2.58. The number of carboxylic acids is 1. The molecule has 0 fully saturated rings. The van der Waals surface area contributed by atoms with Crippen LogP contribution in [-0.4, -0.2) is 41.5 Å². The van der Waals surface area contributed by atoms with E-state index >= 15 is 0 Å². The summed E-state index contributed by atoms with van der Waals surface area (Å²) in [5.41, 5.74) is 0.448. The maximum atomic E-state index is 10.7. The zero-order valence-corrected chi connectivity index (χ0v) is 7.17. The van der Waals surface area contributed by atoms with E-state index in [1.165, 1.54) is 17.8 Å². The normalized spacial score (nSPS) is 10.4. The third-order valence-electron chi connectivity index (χ3n) is 1.67. The van der Waals surface area contributed by atoms with Crippen LogP contribution in [0.4, 0.5) is 0 Å². The minimum absolute atomic E-state index is 0.0739. The fourth-order valence-corrected chi connectivity index (χ4v) is 1.05. The molecule has 8 nitrogen and oxygen atoms in total. The largest absolute Gasteiger partial charge is 0.477 e. The Morgan fingerprint density at radius 1 is 1.64 bits per heavy atom. The van der Waals surface area contributed by atoms with Crippen molar-refractivity contribution in [2.45, 2.75) is 0 Å². The van der Waals surface area contributed by atoms with Gasteiger partial charge >= 0.3 is 5.97 Å². The van der Waals surface area contributed by atoms with Crippen LogP contribution in [0.1, 0.15) is 10.5 Å². The number of H-pyrrole nitrogens is 1. The van der Waals surface area contributed by atoms with Gasteiger partial charge in [-0.15, -0.1) is 10.2 Å². The fraction of sp³-hybridized carbons (Fsp3) is 0.167.